The van der Waals surface area contributed by atoms with Crippen molar-refractivity contribution in [3.63, 3.8) is 0 Å². The Morgan fingerprint density at radius 2 is 2.14 bits per heavy atom. The van der Waals surface area contributed by atoms with Crippen molar-refractivity contribution < 1.29 is 14.6 Å². The summed E-state index contributed by atoms with van der Waals surface area (Å²) in [5.74, 6) is 0.399. The Morgan fingerprint density at radius 3 is 2.68 bits per heavy atom. The fourth-order valence-electron chi connectivity index (χ4n) is 4.79. The van der Waals surface area contributed by atoms with Crippen LogP contribution in [0.25, 0.3) is 0 Å². The number of nitrogens with zero attached hydrogens (tertiary/aromatic N) is 1. The first kappa shape index (κ1) is 16.7. The molecule has 3 fully saturated rings. The van der Waals surface area contributed by atoms with Gasteiger partial charge in [0.05, 0.1) is 11.6 Å². The van der Waals surface area contributed by atoms with Crippen LogP contribution in [0.3, 0.4) is 0 Å². The molecule has 1 N–H and O–H groups in total. The number of hydrogen-bond donors (Lipinski definition) is 1. The summed E-state index contributed by atoms with van der Waals surface area (Å²) in [6.45, 7) is 8.25. The molecule has 1 heterocycles. The molecule has 0 radical (unpaired) electrons. The second-order valence-electron chi connectivity index (χ2n) is 7.80. The van der Waals surface area contributed by atoms with E-state index in [9.17, 15) is 9.90 Å². The van der Waals surface area contributed by atoms with Crippen LogP contribution < -0.4 is 0 Å². The van der Waals surface area contributed by atoms with Crippen LogP contribution in [0, 0.1) is 17.3 Å². The Kier molecular flexibility index (Phi) is 3.90. The first-order chi connectivity index (χ1) is 10.1. The number of hydrogen-bond acceptors (Lipinski definition) is 4. The predicted molar refractivity (Wildman–Crippen MR) is 91.7 cm³/mol. The molecule has 2 aliphatic carbocycles. The second-order valence-corrected chi connectivity index (χ2v) is 9.14. The number of fused-ring (bicyclic) bond motifs is 1. The van der Waals surface area contributed by atoms with E-state index in [1.54, 1.807) is 4.90 Å². The van der Waals surface area contributed by atoms with Gasteiger partial charge in [-0.2, -0.15) is 0 Å². The molecule has 0 aromatic heterocycles. The SMILES string of the molecule is CC(C)[C@H](O)[C@@H](Br)C(=O)N1C(=S)OC2CC3CCC21C3(C)C. The van der Waals surface area contributed by atoms with Crippen molar-refractivity contribution in [2.45, 2.75) is 69.5 Å². The maximum Gasteiger partial charge on any atom is 0.267 e. The highest BCUT2D eigenvalue weighted by molar-refractivity contribution is 9.10. The summed E-state index contributed by atoms with van der Waals surface area (Å²) in [6, 6.07) is 0. The van der Waals surface area contributed by atoms with E-state index in [-0.39, 0.29) is 34.1 Å². The van der Waals surface area contributed by atoms with Crippen LogP contribution in [-0.2, 0) is 9.53 Å². The largest absolute Gasteiger partial charge is 0.465 e. The fraction of sp³-hybridized carbons (Fsp3) is 0.875. The highest BCUT2D eigenvalue weighted by atomic mass is 79.9. The topological polar surface area (TPSA) is 49.8 Å². The molecule has 124 valence electrons. The standard InChI is InChI=1S/C16H24BrNO3S/c1-8(2)12(19)11(17)13(20)18-14(22)21-10-7-9-5-6-16(10,18)15(9,3)4/h8-12,19H,5-7H2,1-4H3/t9?,10?,11-,12+,16?/m1/s1. The minimum atomic E-state index is -0.743. The third kappa shape index (κ3) is 1.89. The molecule has 1 saturated heterocycles. The Hall–Kier alpha value is -0.200. The van der Waals surface area contributed by atoms with E-state index in [4.69, 9.17) is 17.0 Å². The highest BCUT2D eigenvalue weighted by Crippen LogP contribution is 2.66. The summed E-state index contributed by atoms with van der Waals surface area (Å²) < 4.78 is 5.90. The maximum atomic E-state index is 13.1. The third-order valence-electron chi connectivity index (χ3n) is 6.31. The number of halogens is 1. The second kappa shape index (κ2) is 5.15. The summed E-state index contributed by atoms with van der Waals surface area (Å²) in [5.41, 5.74) is -0.349. The van der Waals surface area contributed by atoms with Crippen molar-refractivity contribution in [2.24, 2.45) is 17.3 Å². The molecule has 1 amide bonds. The average molecular weight is 390 g/mol. The number of thiocarbonyl (C=S) groups is 1. The van der Waals surface area contributed by atoms with Crippen molar-refractivity contribution in [1.82, 2.24) is 4.90 Å². The lowest BCUT2D eigenvalue weighted by Gasteiger charge is -2.43. The molecule has 1 spiro atoms. The van der Waals surface area contributed by atoms with Crippen LogP contribution >= 0.6 is 28.1 Å². The Morgan fingerprint density at radius 1 is 1.50 bits per heavy atom. The highest BCUT2D eigenvalue weighted by Gasteiger charge is 2.73. The van der Waals surface area contributed by atoms with Crippen LogP contribution in [0.15, 0.2) is 0 Å². The molecule has 22 heavy (non-hydrogen) atoms. The fourth-order valence-corrected chi connectivity index (χ4v) is 5.98. The number of aliphatic hydroxyl groups excluding tert-OH is 1. The molecule has 2 bridgehead atoms. The van der Waals surface area contributed by atoms with Gasteiger partial charge < -0.3 is 9.84 Å². The number of ether oxygens (including phenoxy) is 1. The number of carbonyl (C=O) groups excluding carboxylic acids is 1. The van der Waals surface area contributed by atoms with E-state index < -0.39 is 10.9 Å². The summed E-state index contributed by atoms with van der Waals surface area (Å²) in [4.78, 5) is 14.1. The van der Waals surface area contributed by atoms with Crippen molar-refractivity contribution in [3.05, 3.63) is 0 Å². The Bertz CT molecular complexity index is 524. The quantitative estimate of drug-likeness (QED) is 0.595. The summed E-state index contributed by atoms with van der Waals surface area (Å²) in [7, 11) is 0. The lowest BCUT2D eigenvalue weighted by molar-refractivity contribution is -0.135. The van der Waals surface area contributed by atoms with E-state index in [1.165, 1.54) is 0 Å². The Labute approximate surface area is 145 Å². The van der Waals surface area contributed by atoms with Gasteiger partial charge in [-0.1, -0.05) is 43.6 Å². The molecule has 3 rings (SSSR count). The van der Waals surface area contributed by atoms with Gasteiger partial charge in [0.2, 0.25) is 5.91 Å². The molecule has 2 saturated carbocycles. The van der Waals surface area contributed by atoms with Gasteiger partial charge in [0.15, 0.2) is 0 Å². The van der Waals surface area contributed by atoms with E-state index >= 15 is 0 Å². The molecule has 3 unspecified atom stereocenters. The maximum absolute atomic E-state index is 13.1. The zero-order chi connectivity index (χ0) is 16.4. The van der Waals surface area contributed by atoms with Crippen molar-refractivity contribution in [2.75, 3.05) is 0 Å². The van der Waals surface area contributed by atoms with Gasteiger partial charge in [-0.25, -0.2) is 0 Å². The van der Waals surface area contributed by atoms with Crippen LogP contribution in [0.5, 0.6) is 0 Å². The number of amides is 1. The van der Waals surface area contributed by atoms with Gasteiger partial charge in [-0.3, -0.25) is 9.69 Å². The third-order valence-corrected chi connectivity index (χ3v) is 7.52. The van der Waals surface area contributed by atoms with Gasteiger partial charge in [0.25, 0.3) is 5.17 Å². The average Bonchev–Trinajstić information content (AvgIpc) is 2.96. The summed E-state index contributed by atoms with van der Waals surface area (Å²) in [6.07, 6.45) is 2.27. The zero-order valence-corrected chi connectivity index (χ0v) is 15.9. The molecule has 1 aliphatic heterocycles. The number of alkyl halides is 1. The van der Waals surface area contributed by atoms with Crippen molar-refractivity contribution >= 4 is 39.2 Å². The lowest BCUT2D eigenvalue weighted by Crippen LogP contribution is -2.60. The van der Waals surface area contributed by atoms with Crippen LogP contribution in [0.2, 0.25) is 0 Å². The first-order valence-corrected chi connectivity index (χ1v) is 9.33. The number of carbonyl (C=O) groups is 1. The minimum Gasteiger partial charge on any atom is -0.465 e. The van der Waals surface area contributed by atoms with Crippen LogP contribution in [-0.4, -0.2) is 43.7 Å². The van der Waals surface area contributed by atoms with E-state index in [2.05, 4.69) is 29.8 Å². The van der Waals surface area contributed by atoms with E-state index in [0.29, 0.717) is 5.92 Å². The molecule has 5 atom stereocenters. The molecular formula is C16H24BrNO3S. The van der Waals surface area contributed by atoms with E-state index in [0.717, 1.165) is 19.3 Å². The minimum absolute atomic E-state index is 0.00775. The number of aliphatic hydroxyl groups is 1. The smallest absolute Gasteiger partial charge is 0.267 e. The van der Waals surface area contributed by atoms with E-state index in [1.807, 2.05) is 13.8 Å². The van der Waals surface area contributed by atoms with Gasteiger partial charge in [-0.15, -0.1) is 0 Å². The van der Waals surface area contributed by atoms with Gasteiger partial charge in [-0.05, 0) is 48.7 Å². The summed E-state index contributed by atoms with van der Waals surface area (Å²) >= 11 is 8.77. The molecular weight excluding hydrogens is 366 g/mol. The van der Waals surface area contributed by atoms with Gasteiger partial charge in [0.1, 0.15) is 10.9 Å². The lowest BCUT2D eigenvalue weighted by atomic mass is 9.74. The monoisotopic (exact) mass is 389 g/mol. The van der Waals surface area contributed by atoms with Gasteiger partial charge in [0, 0.05) is 0 Å². The summed E-state index contributed by atoms with van der Waals surface area (Å²) in [5, 5.41) is 10.6. The van der Waals surface area contributed by atoms with Gasteiger partial charge >= 0.3 is 0 Å². The van der Waals surface area contributed by atoms with Crippen LogP contribution in [0.1, 0.15) is 47.0 Å². The van der Waals surface area contributed by atoms with Crippen LogP contribution in [0.4, 0.5) is 0 Å². The number of rotatable bonds is 3. The molecule has 4 nitrogen and oxygen atoms in total. The molecule has 6 heteroatoms. The zero-order valence-electron chi connectivity index (χ0n) is 13.5. The normalized spacial score (nSPS) is 38.1. The molecule has 0 aromatic carbocycles. The van der Waals surface area contributed by atoms with Crippen molar-refractivity contribution in [3.8, 4) is 0 Å². The Balaban J connectivity index is 1.96. The first-order valence-electron chi connectivity index (χ1n) is 8.01. The predicted octanol–water partition coefficient (Wildman–Crippen LogP) is 2.86. The molecule has 3 aliphatic rings. The van der Waals surface area contributed by atoms with Crippen molar-refractivity contribution in [1.29, 1.82) is 0 Å². The molecule has 0 aromatic rings.